The first-order valence-electron chi connectivity index (χ1n) is 5.18. The van der Waals surface area contributed by atoms with E-state index < -0.39 is 23.8 Å². The van der Waals surface area contributed by atoms with Gasteiger partial charge in [0.25, 0.3) is 0 Å². The van der Waals surface area contributed by atoms with Crippen molar-refractivity contribution in [3.05, 3.63) is 28.3 Å². The van der Waals surface area contributed by atoms with Crippen molar-refractivity contribution in [2.24, 2.45) is 0 Å². The smallest absolute Gasteiger partial charge is 0.430 e. The molecule has 0 aliphatic carbocycles. The van der Waals surface area contributed by atoms with Crippen molar-refractivity contribution >= 4 is 37.0 Å². The van der Waals surface area contributed by atoms with E-state index >= 15 is 0 Å². The maximum atomic E-state index is 12.8. The zero-order valence-corrected chi connectivity index (χ0v) is 10.3. The summed E-state index contributed by atoms with van der Waals surface area (Å²) in [4.78, 5) is 10.9. The predicted molar refractivity (Wildman–Crippen MR) is 65.7 cm³/mol. The van der Waals surface area contributed by atoms with Gasteiger partial charge in [-0.3, -0.25) is 0 Å². The van der Waals surface area contributed by atoms with Gasteiger partial charge >= 0.3 is 12.1 Å². The van der Waals surface area contributed by atoms with Crippen LogP contribution in [-0.4, -0.2) is 31.2 Å². The number of carboxylic acids is 1. The van der Waals surface area contributed by atoms with Crippen molar-refractivity contribution in [1.82, 2.24) is 0 Å². The number of aliphatic carboxylic acids is 1. The van der Waals surface area contributed by atoms with Crippen LogP contribution >= 0.6 is 11.6 Å². The average Bonchev–Trinajstić information content (AvgIpc) is 2.25. The van der Waals surface area contributed by atoms with Gasteiger partial charge in [-0.15, -0.1) is 0 Å². The fourth-order valence-corrected chi connectivity index (χ4v) is 2.15. The average molecular weight is 290 g/mol. The van der Waals surface area contributed by atoms with E-state index in [-0.39, 0.29) is 16.3 Å². The van der Waals surface area contributed by atoms with Gasteiger partial charge in [-0.05, 0) is 12.1 Å². The molecule has 0 aromatic heterocycles. The Morgan fingerprint density at radius 1 is 1.42 bits per heavy atom. The lowest BCUT2D eigenvalue weighted by molar-refractivity contribution is -0.187. The Kier molecular flexibility index (Phi) is 3.26. The Labute approximate surface area is 112 Å². The van der Waals surface area contributed by atoms with Crippen LogP contribution < -0.4 is 10.2 Å². The standard InChI is InChI=1S/C11H7BClF3O3/c12-5-1-4-2-6(10(17)18)9(11(14,15)16)19-8(4)7(13)3-5/h1-3,9H,12H2,(H,17,18). The molecule has 1 unspecified atom stereocenters. The summed E-state index contributed by atoms with van der Waals surface area (Å²) < 4.78 is 43.1. The van der Waals surface area contributed by atoms with Crippen molar-refractivity contribution in [2.45, 2.75) is 12.3 Å². The molecular weight excluding hydrogens is 283 g/mol. The molecule has 8 heteroatoms. The largest absolute Gasteiger partial charge is 0.478 e. The van der Waals surface area contributed by atoms with Gasteiger partial charge in [0.05, 0.1) is 10.6 Å². The summed E-state index contributed by atoms with van der Waals surface area (Å²) in [7, 11) is 1.69. The molecule has 1 aliphatic rings. The molecule has 1 aliphatic heterocycles. The number of hydrogen-bond acceptors (Lipinski definition) is 2. The molecule has 0 fully saturated rings. The number of carboxylic acid groups (broad SMARTS) is 1. The lowest BCUT2D eigenvalue weighted by Gasteiger charge is -2.27. The highest BCUT2D eigenvalue weighted by Gasteiger charge is 2.48. The fraction of sp³-hybridized carbons (Fsp3) is 0.182. The zero-order valence-electron chi connectivity index (χ0n) is 9.58. The Bertz CT molecular complexity index is 583. The Morgan fingerprint density at radius 3 is 2.58 bits per heavy atom. The first kappa shape index (κ1) is 13.8. The van der Waals surface area contributed by atoms with Crippen LogP contribution in [0.15, 0.2) is 17.7 Å². The van der Waals surface area contributed by atoms with Gasteiger partial charge in [0.2, 0.25) is 6.10 Å². The minimum atomic E-state index is -4.82. The molecule has 100 valence electrons. The van der Waals surface area contributed by atoms with Crippen molar-refractivity contribution in [1.29, 1.82) is 0 Å². The predicted octanol–water partition coefficient (Wildman–Crippen LogP) is 1.39. The molecule has 0 spiro atoms. The van der Waals surface area contributed by atoms with E-state index in [0.717, 1.165) is 6.08 Å². The van der Waals surface area contributed by atoms with E-state index in [9.17, 15) is 18.0 Å². The topological polar surface area (TPSA) is 46.5 Å². The normalized spacial score (nSPS) is 18.3. The Morgan fingerprint density at radius 2 is 2.05 bits per heavy atom. The van der Waals surface area contributed by atoms with Gasteiger partial charge in [-0.25, -0.2) is 4.79 Å². The molecule has 0 saturated carbocycles. The maximum absolute atomic E-state index is 12.8. The molecule has 1 aromatic carbocycles. The van der Waals surface area contributed by atoms with Gasteiger partial charge in [-0.2, -0.15) is 13.2 Å². The lowest BCUT2D eigenvalue weighted by atomic mass is 9.91. The van der Waals surface area contributed by atoms with E-state index in [4.69, 9.17) is 21.4 Å². The minimum absolute atomic E-state index is 0.0185. The number of rotatable bonds is 1. The highest BCUT2D eigenvalue weighted by Crippen LogP contribution is 2.40. The van der Waals surface area contributed by atoms with Crippen LogP contribution in [0.5, 0.6) is 5.75 Å². The van der Waals surface area contributed by atoms with Gasteiger partial charge in [0, 0.05) is 5.56 Å². The molecule has 3 nitrogen and oxygen atoms in total. The number of ether oxygens (including phenoxy) is 1. The maximum Gasteiger partial charge on any atom is 0.430 e. The second-order valence-electron chi connectivity index (χ2n) is 4.11. The van der Waals surface area contributed by atoms with E-state index in [1.54, 1.807) is 7.85 Å². The molecule has 0 saturated heterocycles. The highest BCUT2D eigenvalue weighted by atomic mass is 35.5. The zero-order chi connectivity index (χ0) is 14.4. The summed E-state index contributed by atoms with van der Waals surface area (Å²) in [6, 6.07) is 2.96. The molecule has 1 heterocycles. The molecular formula is C11H7BClF3O3. The summed E-state index contributed by atoms with van der Waals surface area (Å²) in [5.74, 6) is -1.83. The molecule has 1 N–H and O–H groups in total. The van der Waals surface area contributed by atoms with Crippen molar-refractivity contribution < 1.29 is 27.8 Å². The number of hydrogen-bond donors (Lipinski definition) is 1. The van der Waals surface area contributed by atoms with Crippen LogP contribution in [0.2, 0.25) is 5.02 Å². The SMILES string of the molecule is Bc1cc(Cl)c2c(c1)C=C(C(=O)O)C(C(F)(F)F)O2. The molecule has 2 rings (SSSR count). The summed E-state index contributed by atoms with van der Waals surface area (Å²) >= 11 is 5.82. The second-order valence-corrected chi connectivity index (χ2v) is 4.52. The quantitative estimate of drug-likeness (QED) is 0.795. The highest BCUT2D eigenvalue weighted by molar-refractivity contribution is 6.37. The Balaban J connectivity index is 2.61. The van der Waals surface area contributed by atoms with Crippen molar-refractivity contribution in [3.63, 3.8) is 0 Å². The van der Waals surface area contributed by atoms with Crippen LogP contribution in [-0.2, 0) is 4.79 Å². The molecule has 1 aromatic rings. The summed E-state index contributed by atoms with van der Waals surface area (Å²) in [5.41, 5.74) is 0.0587. The molecule has 0 amide bonds. The van der Waals surface area contributed by atoms with Crippen LogP contribution in [0.25, 0.3) is 6.08 Å². The summed E-state index contributed by atoms with van der Waals surface area (Å²) in [6.45, 7) is 0. The molecule has 0 bridgehead atoms. The van der Waals surface area contributed by atoms with E-state index in [1.807, 2.05) is 0 Å². The number of carbonyl (C=O) groups is 1. The summed E-state index contributed by atoms with van der Waals surface area (Å²) in [5, 5.41) is 8.87. The van der Waals surface area contributed by atoms with Crippen molar-refractivity contribution in [2.75, 3.05) is 0 Å². The van der Waals surface area contributed by atoms with E-state index in [2.05, 4.69) is 0 Å². The number of alkyl halides is 3. The van der Waals surface area contributed by atoms with Gasteiger partial charge < -0.3 is 9.84 Å². The number of fused-ring (bicyclic) bond motifs is 1. The van der Waals surface area contributed by atoms with E-state index in [0.29, 0.717) is 5.46 Å². The molecule has 1 atom stereocenters. The second kappa shape index (κ2) is 4.49. The third kappa shape index (κ3) is 2.56. The first-order chi connectivity index (χ1) is 8.70. The molecule has 0 radical (unpaired) electrons. The minimum Gasteiger partial charge on any atom is -0.478 e. The first-order valence-corrected chi connectivity index (χ1v) is 5.56. The van der Waals surface area contributed by atoms with Crippen LogP contribution in [0.4, 0.5) is 13.2 Å². The monoisotopic (exact) mass is 290 g/mol. The number of halogens is 4. The van der Waals surface area contributed by atoms with Gasteiger partial charge in [0.15, 0.2) is 0 Å². The van der Waals surface area contributed by atoms with Gasteiger partial charge in [-0.1, -0.05) is 23.1 Å². The van der Waals surface area contributed by atoms with Crippen LogP contribution in [0, 0.1) is 0 Å². The summed E-state index contributed by atoms with van der Waals surface area (Å²) in [6.07, 6.45) is -6.40. The van der Waals surface area contributed by atoms with Crippen molar-refractivity contribution in [3.8, 4) is 5.75 Å². The molecule has 19 heavy (non-hydrogen) atoms. The number of benzene rings is 1. The third-order valence-corrected chi connectivity index (χ3v) is 2.87. The van der Waals surface area contributed by atoms with E-state index in [1.165, 1.54) is 12.1 Å². The fourth-order valence-electron chi connectivity index (χ4n) is 1.83. The Hall–Kier alpha value is -1.63. The lowest BCUT2D eigenvalue weighted by Crippen LogP contribution is -2.40. The van der Waals surface area contributed by atoms with Crippen LogP contribution in [0.3, 0.4) is 0 Å². The van der Waals surface area contributed by atoms with Crippen LogP contribution in [0.1, 0.15) is 5.56 Å². The third-order valence-electron chi connectivity index (χ3n) is 2.59. The van der Waals surface area contributed by atoms with Gasteiger partial charge in [0.1, 0.15) is 13.6 Å².